The highest BCUT2D eigenvalue weighted by atomic mass is 19.3. The van der Waals surface area contributed by atoms with Gasteiger partial charge in [0.2, 0.25) is 6.93 Å². The van der Waals surface area contributed by atoms with Gasteiger partial charge >= 0.3 is 0 Å². The Morgan fingerprint density at radius 1 is 1.14 bits per heavy atom. The summed E-state index contributed by atoms with van der Waals surface area (Å²) in [6.45, 7) is 6.92. The average molecular weight is 609 g/mol. The van der Waals surface area contributed by atoms with Gasteiger partial charge in [0.05, 0.1) is 36.1 Å². The van der Waals surface area contributed by atoms with Crippen LogP contribution < -0.4 is 15.9 Å². The number of nitrogens with zero attached hydrogens (tertiary/aromatic N) is 3. The zero-order valence-electron chi connectivity index (χ0n) is 26.1. The summed E-state index contributed by atoms with van der Waals surface area (Å²) in [5, 5.41) is 4.85. The third-order valence-electron chi connectivity index (χ3n) is 7.16. The molecule has 4 rings (SSSR count). The van der Waals surface area contributed by atoms with E-state index in [9.17, 15) is 18.0 Å². The van der Waals surface area contributed by atoms with E-state index in [1.807, 2.05) is 50.4 Å². The second kappa shape index (κ2) is 18.1. The molecular weight excluding hydrogens is 565 g/mol. The van der Waals surface area contributed by atoms with Crippen molar-refractivity contribution in [2.75, 3.05) is 26.7 Å². The van der Waals surface area contributed by atoms with Gasteiger partial charge in [0.15, 0.2) is 0 Å². The number of pyridine rings is 1. The molecule has 1 atom stereocenters. The number of unbranched alkanes of at least 4 members (excludes halogenated alkanes) is 1. The Balaban J connectivity index is 0.00000169. The summed E-state index contributed by atoms with van der Waals surface area (Å²) < 4.78 is 39.2. The first-order chi connectivity index (χ1) is 21.3. The molecule has 1 N–H and O–H groups in total. The van der Waals surface area contributed by atoms with Crippen LogP contribution in [0.15, 0.2) is 71.1 Å². The number of halogens is 3. The topological polar surface area (TPSA) is 77.0 Å². The SMILES string of the molecule is C/C=c1/ccc(-c2cncc(C3CC3)n2)n/c1=C/C(=C/CC)CNC(=O)C(/C=C/CCC)=C/C1=C(C)COCC1F.FCF. The van der Waals surface area contributed by atoms with Crippen LogP contribution in [0, 0.1) is 0 Å². The molecule has 6 nitrogen and oxygen atoms in total. The van der Waals surface area contributed by atoms with E-state index in [2.05, 4.69) is 30.2 Å². The molecule has 2 aromatic heterocycles. The summed E-state index contributed by atoms with van der Waals surface area (Å²) in [6, 6.07) is 4.02. The molecule has 0 aromatic carbocycles. The Labute approximate surface area is 258 Å². The highest BCUT2D eigenvalue weighted by Crippen LogP contribution is 2.39. The van der Waals surface area contributed by atoms with Crippen LogP contribution >= 0.6 is 0 Å². The summed E-state index contributed by atoms with van der Waals surface area (Å²) in [4.78, 5) is 27.5. The van der Waals surface area contributed by atoms with Gasteiger partial charge < -0.3 is 10.1 Å². The van der Waals surface area contributed by atoms with Crippen LogP contribution in [-0.4, -0.2) is 53.7 Å². The number of amides is 1. The van der Waals surface area contributed by atoms with Crippen LogP contribution in [-0.2, 0) is 9.53 Å². The van der Waals surface area contributed by atoms with Crippen molar-refractivity contribution < 1.29 is 22.7 Å². The molecule has 0 spiro atoms. The number of allylic oxidation sites excluding steroid dienone is 3. The van der Waals surface area contributed by atoms with Gasteiger partial charge in [-0.15, -0.1) is 0 Å². The van der Waals surface area contributed by atoms with E-state index in [4.69, 9.17) is 14.7 Å². The lowest BCUT2D eigenvalue weighted by molar-refractivity contribution is -0.117. The molecule has 0 bridgehead atoms. The molecule has 2 aromatic rings. The van der Waals surface area contributed by atoms with E-state index in [0.717, 1.165) is 70.9 Å². The zero-order valence-corrected chi connectivity index (χ0v) is 26.1. The highest BCUT2D eigenvalue weighted by molar-refractivity contribution is 5.97. The fraction of sp³-hybridized carbons (Fsp3) is 0.429. The fourth-order valence-electron chi connectivity index (χ4n) is 4.68. The molecule has 1 fully saturated rings. The largest absolute Gasteiger partial charge is 0.374 e. The first-order valence-corrected chi connectivity index (χ1v) is 15.2. The molecular formula is C35H43F3N4O2. The molecule has 1 saturated carbocycles. The summed E-state index contributed by atoms with van der Waals surface area (Å²) >= 11 is 0. The molecule has 1 aliphatic heterocycles. The Morgan fingerprint density at radius 3 is 2.57 bits per heavy atom. The smallest absolute Gasteiger partial charge is 0.251 e. The van der Waals surface area contributed by atoms with Crippen molar-refractivity contribution in [2.45, 2.75) is 71.9 Å². The van der Waals surface area contributed by atoms with Gasteiger partial charge in [-0.3, -0.25) is 9.78 Å². The molecule has 1 unspecified atom stereocenters. The monoisotopic (exact) mass is 608 g/mol. The summed E-state index contributed by atoms with van der Waals surface area (Å²) in [7, 11) is 0. The summed E-state index contributed by atoms with van der Waals surface area (Å²) in [6.07, 6.45) is 18.8. The number of ether oxygens (including phenoxy) is 1. The van der Waals surface area contributed by atoms with Gasteiger partial charge in [-0.1, -0.05) is 50.6 Å². The minimum Gasteiger partial charge on any atom is -0.374 e. The standard InChI is InChI=1S/C34H41FN4O2.CH2F2/c1-5-8-9-11-27(17-28-23(4)21-41-22-29(28)35)34(40)37-18-24(10-6-2)16-31-25(7-3)14-15-30(38-31)33-20-36-19-32(39-33)26-12-13-26;2-1-3/h7,9-11,14-17,19-20,26,29H,5-6,8,12-13,18,21-22H2,1-4H3,(H,37,40);1H2/b11-9+,24-10-,25-7-,27-17+,31-16+;. The second-order valence-electron chi connectivity index (χ2n) is 10.7. The predicted octanol–water partition coefficient (Wildman–Crippen LogP) is 6.30. The molecule has 9 heteroatoms. The van der Waals surface area contributed by atoms with Crippen molar-refractivity contribution >= 4 is 18.1 Å². The maximum Gasteiger partial charge on any atom is 0.251 e. The predicted molar refractivity (Wildman–Crippen MR) is 170 cm³/mol. The molecule has 236 valence electrons. The van der Waals surface area contributed by atoms with Gasteiger partial charge in [0.25, 0.3) is 5.91 Å². The fourth-order valence-corrected chi connectivity index (χ4v) is 4.68. The Hall–Kier alpha value is -3.85. The maximum absolute atomic E-state index is 14.6. The minimum atomic E-state index is -1.75. The minimum absolute atomic E-state index is 0.00833. The van der Waals surface area contributed by atoms with Crippen LogP contribution in [0.4, 0.5) is 13.2 Å². The van der Waals surface area contributed by atoms with Crippen LogP contribution in [0.2, 0.25) is 0 Å². The molecule has 0 saturated heterocycles. The highest BCUT2D eigenvalue weighted by Gasteiger charge is 2.25. The lowest BCUT2D eigenvalue weighted by Crippen LogP contribution is -2.31. The zero-order chi connectivity index (χ0) is 31.9. The quantitative estimate of drug-likeness (QED) is 0.239. The normalized spacial score (nSPS) is 18.5. The van der Waals surface area contributed by atoms with Crippen molar-refractivity contribution in [3.8, 4) is 11.4 Å². The third-order valence-corrected chi connectivity index (χ3v) is 7.16. The Kier molecular flexibility index (Phi) is 14.2. The Morgan fingerprint density at radius 2 is 1.91 bits per heavy atom. The average Bonchev–Trinajstić information content (AvgIpc) is 3.87. The molecule has 1 aliphatic carbocycles. The number of carbonyl (C=O) groups excluding carboxylic acids is 1. The molecule has 0 radical (unpaired) electrons. The van der Waals surface area contributed by atoms with Gasteiger partial charge in [-0.05, 0) is 79.7 Å². The first kappa shape index (κ1) is 34.6. The number of nitrogens with one attached hydrogen (secondary N) is 1. The van der Waals surface area contributed by atoms with Crippen LogP contribution in [0.3, 0.4) is 0 Å². The van der Waals surface area contributed by atoms with Crippen molar-refractivity contribution in [2.24, 2.45) is 0 Å². The lowest BCUT2D eigenvalue weighted by Gasteiger charge is -2.20. The van der Waals surface area contributed by atoms with E-state index in [1.54, 1.807) is 18.3 Å². The van der Waals surface area contributed by atoms with Crippen molar-refractivity contribution in [3.05, 3.63) is 87.4 Å². The first-order valence-electron chi connectivity index (χ1n) is 15.2. The van der Waals surface area contributed by atoms with Crippen LogP contribution in [0.25, 0.3) is 23.5 Å². The summed E-state index contributed by atoms with van der Waals surface area (Å²) in [5.41, 5.74) is 5.26. The number of rotatable bonds is 11. The molecule has 1 amide bonds. The van der Waals surface area contributed by atoms with Crippen LogP contribution in [0.5, 0.6) is 0 Å². The lowest BCUT2D eigenvalue weighted by atomic mass is 9.99. The van der Waals surface area contributed by atoms with E-state index >= 15 is 0 Å². The van der Waals surface area contributed by atoms with Crippen LogP contribution in [0.1, 0.15) is 71.4 Å². The second-order valence-corrected chi connectivity index (χ2v) is 10.7. The van der Waals surface area contributed by atoms with Gasteiger partial charge in [0, 0.05) is 24.2 Å². The number of aromatic nitrogens is 3. The van der Waals surface area contributed by atoms with Gasteiger partial charge in [-0.2, -0.15) is 0 Å². The van der Waals surface area contributed by atoms with E-state index in [1.165, 1.54) is 0 Å². The summed E-state index contributed by atoms with van der Waals surface area (Å²) in [5.74, 6) is 0.264. The van der Waals surface area contributed by atoms with Gasteiger partial charge in [-0.25, -0.2) is 23.1 Å². The van der Waals surface area contributed by atoms with E-state index in [-0.39, 0.29) is 12.5 Å². The van der Waals surface area contributed by atoms with E-state index in [0.29, 0.717) is 30.2 Å². The Bertz CT molecular complexity index is 1510. The molecule has 3 heterocycles. The van der Waals surface area contributed by atoms with E-state index < -0.39 is 13.1 Å². The van der Waals surface area contributed by atoms with Crippen molar-refractivity contribution in [1.29, 1.82) is 0 Å². The molecule has 2 aliphatic rings. The van der Waals surface area contributed by atoms with Crippen molar-refractivity contribution in [3.63, 3.8) is 0 Å². The number of alkyl halides is 3. The maximum atomic E-state index is 14.6. The molecule has 44 heavy (non-hydrogen) atoms. The van der Waals surface area contributed by atoms with Gasteiger partial charge in [0.1, 0.15) is 11.9 Å². The van der Waals surface area contributed by atoms with Crippen molar-refractivity contribution in [1.82, 2.24) is 20.3 Å². The third kappa shape index (κ3) is 10.4. The number of hydrogen-bond acceptors (Lipinski definition) is 5. The number of hydrogen-bond donors (Lipinski definition) is 1. The number of carbonyl (C=O) groups is 1.